The van der Waals surface area contributed by atoms with Gasteiger partial charge in [0.2, 0.25) is 5.09 Å². The van der Waals surface area contributed by atoms with Gasteiger partial charge in [-0.05, 0) is 12.1 Å². The maximum Gasteiger partial charge on any atom is 0.276 e. The molecule has 1 aliphatic heterocycles. The van der Waals surface area contributed by atoms with E-state index < -0.39 is 10.0 Å². The lowest BCUT2D eigenvalue weighted by atomic mass is 10.2. The molecular formula is C8H12N2O3S. The number of nitrogens with one attached hydrogen (secondary N) is 1. The maximum atomic E-state index is 11.8. The minimum atomic E-state index is -3.43. The van der Waals surface area contributed by atoms with Gasteiger partial charge in [-0.3, -0.25) is 0 Å². The number of sulfonamides is 1. The van der Waals surface area contributed by atoms with E-state index in [1.54, 1.807) is 13.1 Å². The van der Waals surface area contributed by atoms with Crippen molar-refractivity contribution in [3.8, 4) is 0 Å². The molecular weight excluding hydrogens is 204 g/mol. The number of hydrogen-bond acceptors (Lipinski definition) is 4. The first kappa shape index (κ1) is 9.70. The predicted molar refractivity (Wildman–Crippen MR) is 50.3 cm³/mol. The van der Waals surface area contributed by atoms with Crippen molar-refractivity contribution in [1.29, 1.82) is 0 Å². The van der Waals surface area contributed by atoms with Gasteiger partial charge in [-0.1, -0.05) is 0 Å². The van der Waals surface area contributed by atoms with Crippen LogP contribution in [0.4, 0.5) is 0 Å². The quantitative estimate of drug-likeness (QED) is 0.764. The van der Waals surface area contributed by atoms with Gasteiger partial charge in [-0.2, -0.15) is 4.31 Å². The molecule has 78 valence electrons. The smallest absolute Gasteiger partial charge is 0.276 e. The molecule has 1 aromatic rings. The molecule has 2 rings (SSSR count). The summed E-state index contributed by atoms with van der Waals surface area (Å²) in [5.74, 6) is 0. The second-order valence-electron chi connectivity index (χ2n) is 3.27. The summed E-state index contributed by atoms with van der Waals surface area (Å²) in [5.41, 5.74) is 0. The predicted octanol–water partition coefficient (Wildman–Crippen LogP) is -0.128. The van der Waals surface area contributed by atoms with Crippen LogP contribution in [0.25, 0.3) is 0 Å². The Morgan fingerprint density at radius 3 is 2.71 bits per heavy atom. The van der Waals surface area contributed by atoms with Crippen LogP contribution in [0.15, 0.2) is 27.9 Å². The Balaban J connectivity index is 2.23. The molecule has 0 unspecified atom stereocenters. The van der Waals surface area contributed by atoms with E-state index in [1.807, 2.05) is 0 Å². The molecule has 6 heteroatoms. The summed E-state index contributed by atoms with van der Waals surface area (Å²) >= 11 is 0. The van der Waals surface area contributed by atoms with Crippen LogP contribution in [-0.2, 0) is 10.0 Å². The Morgan fingerprint density at radius 2 is 2.29 bits per heavy atom. The summed E-state index contributed by atoms with van der Waals surface area (Å²) < 4.78 is 29.9. The number of hydrogen-bond donors (Lipinski definition) is 1. The third-order valence-corrected chi connectivity index (χ3v) is 4.20. The molecule has 5 nitrogen and oxygen atoms in total. The second-order valence-corrected chi connectivity index (χ2v) is 5.19. The first-order valence-corrected chi connectivity index (χ1v) is 5.78. The maximum absolute atomic E-state index is 11.8. The van der Waals surface area contributed by atoms with Crippen molar-refractivity contribution >= 4 is 10.0 Å². The van der Waals surface area contributed by atoms with Gasteiger partial charge in [-0.25, -0.2) is 8.42 Å². The zero-order valence-electron chi connectivity index (χ0n) is 7.80. The van der Waals surface area contributed by atoms with Crippen molar-refractivity contribution < 1.29 is 12.8 Å². The summed E-state index contributed by atoms with van der Waals surface area (Å²) in [6.07, 6.45) is 1.36. The number of rotatable bonds is 3. The van der Waals surface area contributed by atoms with Crippen molar-refractivity contribution in [1.82, 2.24) is 9.62 Å². The summed E-state index contributed by atoms with van der Waals surface area (Å²) in [7, 11) is -1.86. The van der Waals surface area contributed by atoms with E-state index in [4.69, 9.17) is 4.42 Å². The fraction of sp³-hybridized carbons (Fsp3) is 0.500. The van der Waals surface area contributed by atoms with E-state index in [1.165, 1.54) is 16.6 Å². The number of nitrogens with zero attached hydrogens (tertiary/aromatic N) is 1. The second kappa shape index (κ2) is 3.38. The topological polar surface area (TPSA) is 62.6 Å². The fourth-order valence-electron chi connectivity index (χ4n) is 1.28. The lowest BCUT2D eigenvalue weighted by molar-refractivity contribution is 0.268. The van der Waals surface area contributed by atoms with Gasteiger partial charge in [0.15, 0.2) is 0 Å². The van der Waals surface area contributed by atoms with Crippen LogP contribution in [0.1, 0.15) is 0 Å². The van der Waals surface area contributed by atoms with E-state index in [9.17, 15) is 8.42 Å². The van der Waals surface area contributed by atoms with Crippen molar-refractivity contribution in [2.75, 3.05) is 20.1 Å². The molecule has 0 aliphatic carbocycles. The lowest BCUT2D eigenvalue weighted by Crippen LogP contribution is -2.57. The SMILES string of the molecule is CN(C1CNC1)S(=O)(=O)c1ccco1. The Morgan fingerprint density at radius 1 is 1.57 bits per heavy atom. The van der Waals surface area contributed by atoms with Crippen LogP contribution < -0.4 is 5.32 Å². The molecule has 1 fully saturated rings. The largest absolute Gasteiger partial charge is 0.452 e. The first-order valence-electron chi connectivity index (χ1n) is 4.34. The normalized spacial score (nSPS) is 18.4. The summed E-state index contributed by atoms with van der Waals surface area (Å²) in [6, 6.07) is 3.07. The Hall–Kier alpha value is -0.850. The van der Waals surface area contributed by atoms with Crippen molar-refractivity contribution in [3.05, 3.63) is 18.4 Å². The van der Waals surface area contributed by atoms with Crippen LogP contribution in [0.2, 0.25) is 0 Å². The van der Waals surface area contributed by atoms with Gasteiger partial charge in [-0.15, -0.1) is 0 Å². The molecule has 0 atom stereocenters. The highest BCUT2D eigenvalue weighted by Crippen LogP contribution is 2.17. The van der Waals surface area contributed by atoms with E-state index >= 15 is 0 Å². The average molecular weight is 216 g/mol. The minimum absolute atomic E-state index is 0.00639. The highest BCUT2D eigenvalue weighted by molar-refractivity contribution is 7.89. The number of likely N-dealkylation sites (N-methyl/N-ethyl adjacent to an activating group) is 1. The van der Waals surface area contributed by atoms with E-state index in [0.717, 1.165) is 0 Å². The highest BCUT2D eigenvalue weighted by atomic mass is 32.2. The number of furan rings is 1. The van der Waals surface area contributed by atoms with Crippen molar-refractivity contribution in [2.24, 2.45) is 0 Å². The monoisotopic (exact) mass is 216 g/mol. The van der Waals surface area contributed by atoms with E-state index in [-0.39, 0.29) is 11.1 Å². The molecule has 2 heterocycles. The molecule has 14 heavy (non-hydrogen) atoms. The van der Waals surface area contributed by atoms with Gasteiger partial charge in [0.25, 0.3) is 10.0 Å². The molecule has 0 bridgehead atoms. The molecule has 0 saturated carbocycles. The third-order valence-electron chi connectivity index (χ3n) is 2.40. The average Bonchev–Trinajstić information content (AvgIpc) is 2.52. The molecule has 1 saturated heterocycles. The molecule has 0 spiro atoms. The molecule has 0 radical (unpaired) electrons. The lowest BCUT2D eigenvalue weighted by Gasteiger charge is -2.33. The van der Waals surface area contributed by atoms with Crippen LogP contribution >= 0.6 is 0 Å². The standard InChI is InChI=1S/C8H12N2O3S/c1-10(7-5-9-6-7)14(11,12)8-3-2-4-13-8/h2-4,7,9H,5-6H2,1H3. The zero-order chi connectivity index (χ0) is 10.2. The van der Waals surface area contributed by atoms with Crippen molar-refractivity contribution in [3.63, 3.8) is 0 Å². The summed E-state index contributed by atoms with van der Waals surface area (Å²) in [4.78, 5) is 0. The summed E-state index contributed by atoms with van der Waals surface area (Å²) in [6.45, 7) is 1.41. The van der Waals surface area contributed by atoms with Gasteiger partial charge in [0.1, 0.15) is 0 Å². The Labute approximate surface area is 82.8 Å². The van der Waals surface area contributed by atoms with E-state index in [2.05, 4.69) is 5.32 Å². The van der Waals surface area contributed by atoms with Crippen molar-refractivity contribution in [2.45, 2.75) is 11.1 Å². The van der Waals surface area contributed by atoms with Gasteiger partial charge in [0.05, 0.1) is 6.26 Å². The van der Waals surface area contributed by atoms with Gasteiger partial charge >= 0.3 is 0 Å². The zero-order valence-corrected chi connectivity index (χ0v) is 8.62. The molecule has 0 aromatic carbocycles. The first-order chi connectivity index (χ1) is 6.62. The molecule has 1 aliphatic rings. The molecule has 0 amide bonds. The third kappa shape index (κ3) is 1.45. The van der Waals surface area contributed by atoms with Crippen LogP contribution in [0.3, 0.4) is 0 Å². The Bertz CT molecular complexity index is 394. The van der Waals surface area contributed by atoms with Gasteiger partial charge in [0, 0.05) is 26.2 Å². The molecule has 1 aromatic heterocycles. The molecule has 1 N–H and O–H groups in total. The Kier molecular flexibility index (Phi) is 2.34. The van der Waals surface area contributed by atoms with Crippen LogP contribution in [0, 0.1) is 0 Å². The highest BCUT2D eigenvalue weighted by Gasteiger charge is 2.33. The fourth-order valence-corrected chi connectivity index (χ4v) is 2.53. The van der Waals surface area contributed by atoms with E-state index in [0.29, 0.717) is 13.1 Å². The van der Waals surface area contributed by atoms with Gasteiger partial charge < -0.3 is 9.73 Å². The summed E-state index contributed by atoms with van der Waals surface area (Å²) in [5, 5.41) is 3.03. The van der Waals surface area contributed by atoms with Crippen LogP contribution in [-0.4, -0.2) is 38.9 Å². The minimum Gasteiger partial charge on any atom is -0.452 e. The van der Waals surface area contributed by atoms with Crippen LogP contribution in [0.5, 0.6) is 0 Å².